The minimum absolute atomic E-state index is 0. The zero-order valence-corrected chi connectivity index (χ0v) is 6.43. The van der Waals surface area contributed by atoms with Crippen LogP contribution in [0.1, 0.15) is 19.3 Å². The molecule has 4 heteroatoms. The van der Waals surface area contributed by atoms with Crippen LogP contribution in [0.25, 0.3) is 0 Å². The number of hydrogen-bond donors (Lipinski definition) is 2. The first-order chi connectivity index (χ1) is 4.19. The molecule has 1 aliphatic carbocycles. The zero-order valence-electron chi connectivity index (χ0n) is 5.62. The molecule has 3 N–H and O–H groups in total. The Morgan fingerprint density at radius 1 is 1.70 bits per heavy atom. The van der Waals surface area contributed by atoms with E-state index in [0.717, 1.165) is 6.42 Å². The lowest BCUT2D eigenvalue weighted by Crippen LogP contribution is -2.48. The molecule has 10 heavy (non-hydrogen) atoms. The highest BCUT2D eigenvalue weighted by Gasteiger charge is 2.37. The molecule has 0 heterocycles. The number of halogens is 1. The largest absolute Gasteiger partial charge is 0.391 e. The first-order valence-corrected chi connectivity index (χ1v) is 3.12. The Morgan fingerprint density at radius 2 is 2.30 bits per heavy atom. The van der Waals surface area contributed by atoms with Crippen LogP contribution in [0.3, 0.4) is 0 Å². The van der Waals surface area contributed by atoms with E-state index in [9.17, 15) is 4.79 Å². The summed E-state index contributed by atoms with van der Waals surface area (Å²) in [5, 5.41) is 9.09. The van der Waals surface area contributed by atoms with Crippen molar-refractivity contribution in [2.45, 2.75) is 30.9 Å². The van der Waals surface area contributed by atoms with Gasteiger partial charge in [-0.3, -0.25) is 0 Å². The van der Waals surface area contributed by atoms with Gasteiger partial charge in [-0.15, -0.1) is 12.4 Å². The summed E-state index contributed by atoms with van der Waals surface area (Å²) in [7, 11) is 0. The maximum Gasteiger partial charge on any atom is 0.142 e. The van der Waals surface area contributed by atoms with Gasteiger partial charge in [0.15, 0.2) is 0 Å². The summed E-state index contributed by atoms with van der Waals surface area (Å²) in [4.78, 5) is 10.3. The fourth-order valence-electron chi connectivity index (χ4n) is 1.17. The summed E-state index contributed by atoms with van der Waals surface area (Å²) in [5.41, 5.74) is 4.55. The van der Waals surface area contributed by atoms with E-state index in [0.29, 0.717) is 19.1 Å². The van der Waals surface area contributed by atoms with Crippen LogP contribution in [-0.2, 0) is 4.79 Å². The summed E-state index contributed by atoms with van der Waals surface area (Å²) in [6.45, 7) is 0. The van der Waals surface area contributed by atoms with Crippen LogP contribution in [0.4, 0.5) is 0 Å². The number of rotatable bonds is 1. The third-order valence-corrected chi connectivity index (χ3v) is 1.93. The number of carbonyl (C=O) groups excluding carboxylic acids is 1. The van der Waals surface area contributed by atoms with Crippen LogP contribution in [0.2, 0.25) is 0 Å². The summed E-state index contributed by atoms with van der Waals surface area (Å²) in [6, 6.07) is 0. The lowest BCUT2D eigenvalue weighted by molar-refractivity contribution is -0.114. The molecule has 0 aromatic carbocycles. The molecule has 0 saturated heterocycles. The van der Waals surface area contributed by atoms with Gasteiger partial charge in [-0.2, -0.15) is 0 Å². The SMILES string of the molecule is Cl.NC1(C=O)CCCC1O. The number of aliphatic hydroxyl groups is 1. The standard InChI is InChI=1S/C6H11NO2.ClH/c7-6(4-8)3-1-2-5(6)9;/h4-5,9H,1-3,7H2;1H. The quantitative estimate of drug-likeness (QED) is 0.532. The molecule has 1 rings (SSSR count). The predicted octanol–water partition coefficient (Wildman–Crippen LogP) is -0.151. The van der Waals surface area contributed by atoms with Crippen LogP contribution in [0.5, 0.6) is 0 Å². The summed E-state index contributed by atoms with van der Waals surface area (Å²) in [6.07, 6.45) is 2.18. The summed E-state index contributed by atoms with van der Waals surface area (Å²) in [5.74, 6) is 0. The lowest BCUT2D eigenvalue weighted by atomic mass is 9.99. The maximum absolute atomic E-state index is 10.3. The summed E-state index contributed by atoms with van der Waals surface area (Å²) >= 11 is 0. The highest BCUT2D eigenvalue weighted by Crippen LogP contribution is 2.25. The minimum atomic E-state index is -0.931. The van der Waals surface area contributed by atoms with Crippen LogP contribution >= 0.6 is 12.4 Å². The van der Waals surface area contributed by atoms with Crippen LogP contribution in [0, 0.1) is 0 Å². The number of hydrogen-bond acceptors (Lipinski definition) is 3. The van der Waals surface area contributed by atoms with Crippen LogP contribution in [0.15, 0.2) is 0 Å². The minimum Gasteiger partial charge on any atom is -0.391 e. The van der Waals surface area contributed by atoms with Crippen molar-refractivity contribution in [2.24, 2.45) is 5.73 Å². The Balaban J connectivity index is 0.000000810. The second-order valence-corrected chi connectivity index (χ2v) is 2.64. The monoisotopic (exact) mass is 165 g/mol. The molecule has 0 amide bonds. The van der Waals surface area contributed by atoms with Crippen molar-refractivity contribution in [1.82, 2.24) is 0 Å². The zero-order chi connectivity index (χ0) is 6.91. The number of aldehydes is 1. The predicted molar refractivity (Wildman–Crippen MR) is 40.1 cm³/mol. The van der Waals surface area contributed by atoms with Crippen molar-refractivity contribution in [3.8, 4) is 0 Å². The molecule has 0 radical (unpaired) electrons. The molecule has 2 unspecified atom stereocenters. The first kappa shape index (κ1) is 9.88. The van der Waals surface area contributed by atoms with E-state index in [1.54, 1.807) is 0 Å². The number of nitrogens with two attached hydrogens (primary N) is 1. The molecule has 0 aliphatic heterocycles. The van der Waals surface area contributed by atoms with Crippen molar-refractivity contribution in [3.63, 3.8) is 0 Å². The van der Waals surface area contributed by atoms with E-state index in [2.05, 4.69) is 0 Å². The van der Waals surface area contributed by atoms with Gasteiger partial charge in [0.1, 0.15) is 6.29 Å². The molecule has 1 aliphatic rings. The van der Waals surface area contributed by atoms with Crippen molar-refractivity contribution in [2.75, 3.05) is 0 Å². The second kappa shape index (κ2) is 3.32. The van der Waals surface area contributed by atoms with Gasteiger partial charge in [0.05, 0.1) is 11.6 Å². The average Bonchev–Trinajstić information content (AvgIpc) is 2.15. The molecule has 0 spiro atoms. The Morgan fingerprint density at radius 3 is 2.50 bits per heavy atom. The van der Waals surface area contributed by atoms with Gasteiger partial charge >= 0.3 is 0 Å². The molecular formula is C6H12ClNO2. The number of carbonyl (C=O) groups is 1. The van der Waals surface area contributed by atoms with Crippen molar-refractivity contribution >= 4 is 18.7 Å². The molecule has 2 atom stereocenters. The van der Waals surface area contributed by atoms with E-state index in [-0.39, 0.29) is 12.4 Å². The fraction of sp³-hybridized carbons (Fsp3) is 0.833. The average molecular weight is 166 g/mol. The molecule has 1 saturated carbocycles. The number of aliphatic hydroxyl groups excluding tert-OH is 1. The first-order valence-electron chi connectivity index (χ1n) is 3.12. The van der Waals surface area contributed by atoms with Crippen molar-refractivity contribution in [3.05, 3.63) is 0 Å². The normalized spacial score (nSPS) is 38.8. The lowest BCUT2D eigenvalue weighted by Gasteiger charge is -2.19. The van der Waals surface area contributed by atoms with Gasteiger partial charge in [-0.05, 0) is 19.3 Å². The van der Waals surface area contributed by atoms with Crippen LogP contribution in [-0.4, -0.2) is 23.0 Å². The van der Waals surface area contributed by atoms with Crippen LogP contribution < -0.4 is 5.73 Å². The third kappa shape index (κ3) is 1.48. The second-order valence-electron chi connectivity index (χ2n) is 2.64. The Hall–Kier alpha value is -0.120. The Kier molecular flexibility index (Phi) is 3.28. The van der Waals surface area contributed by atoms with Gasteiger partial charge in [0.25, 0.3) is 0 Å². The Bertz CT molecular complexity index is 131. The van der Waals surface area contributed by atoms with E-state index < -0.39 is 11.6 Å². The van der Waals surface area contributed by atoms with E-state index >= 15 is 0 Å². The Labute approximate surface area is 66.0 Å². The van der Waals surface area contributed by atoms with Gasteiger partial charge in [0, 0.05) is 0 Å². The van der Waals surface area contributed by atoms with E-state index in [1.807, 2.05) is 0 Å². The maximum atomic E-state index is 10.3. The topological polar surface area (TPSA) is 63.3 Å². The molecule has 3 nitrogen and oxygen atoms in total. The van der Waals surface area contributed by atoms with Gasteiger partial charge in [-0.25, -0.2) is 0 Å². The highest BCUT2D eigenvalue weighted by atomic mass is 35.5. The molecule has 0 aromatic heterocycles. The summed E-state index contributed by atoms with van der Waals surface area (Å²) < 4.78 is 0. The molecule has 0 bridgehead atoms. The van der Waals surface area contributed by atoms with E-state index in [4.69, 9.17) is 10.8 Å². The van der Waals surface area contributed by atoms with E-state index in [1.165, 1.54) is 0 Å². The fourth-order valence-corrected chi connectivity index (χ4v) is 1.17. The van der Waals surface area contributed by atoms with Crippen molar-refractivity contribution < 1.29 is 9.90 Å². The molecule has 60 valence electrons. The molecule has 1 fully saturated rings. The third-order valence-electron chi connectivity index (χ3n) is 1.93. The highest BCUT2D eigenvalue weighted by molar-refractivity contribution is 5.85. The molecule has 0 aromatic rings. The smallest absolute Gasteiger partial charge is 0.142 e. The van der Waals surface area contributed by atoms with Gasteiger partial charge in [0.2, 0.25) is 0 Å². The molecular weight excluding hydrogens is 154 g/mol. The van der Waals surface area contributed by atoms with Crippen molar-refractivity contribution in [1.29, 1.82) is 0 Å². The van der Waals surface area contributed by atoms with Gasteiger partial charge < -0.3 is 15.6 Å². The van der Waals surface area contributed by atoms with Gasteiger partial charge in [-0.1, -0.05) is 0 Å².